The van der Waals surface area contributed by atoms with Gasteiger partial charge in [-0.25, -0.2) is 4.99 Å². The summed E-state index contributed by atoms with van der Waals surface area (Å²) in [5.74, 6) is -3.20. The van der Waals surface area contributed by atoms with Gasteiger partial charge in [0.1, 0.15) is 5.60 Å². The highest BCUT2D eigenvalue weighted by molar-refractivity contribution is 8.17. The third-order valence-electron chi connectivity index (χ3n) is 3.74. The van der Waals surface area contributed by atoms with Crippen molar-refractivity contribution in [2.75, 3.05) is 0 Å². The van der Waals surface area contributed by atoms with Gasteiger partial charge in [0.05, 0.1) is 11.3 Å². The molecule has 1 heterocycles. The minimum atomic E-state index is -4.67. The number of amides is 1. The molecule has 1 aromatic rings. The molecule has 0 spiro atoms. The summed E-state index contributed by atoms with van der Waals surface area (Å²) in [6.45, 7) is 4.91. The third kappa shape index (κ3) is 5.49. The Balaban J connectivity index is 2.27. The van der Waals surface area contributed by atoms with Gasteiger partial charge in [-0.2, -0.15) is 13.2 Å². The first-order chi connectivity index (χ1) is 13.2. The highest BCUT2D eigenvalue weighted by Crippen LogP contribution is 2.40. The first-order valence-corrected chi connectivity index (χ1v) is 9.27. The standard InChI is InChI=1S/C18H19F3N2O5S/c1-16(2,3)28-12(24)8-9-17(14(26)27)13(25)23-15(29-17)22-11-7-5-4-6-10(11)18(19,20)21/h4-7H,8-9H2,1-3H3,(H,26,27)(H,22,23,25). The van der Waals surface area contributed by atoms with Crippen LogP contribution in [0, 0.1) is 0 Å². The fraction of sp³-hybridized carbons (Fsp3) is 0.444. The Labute approximate surface area is 168 Å². The van der Waals surface area contributed by atoms with Crippen molar-refractivity contribution in [2.45, 2.75) is 50.1 Å². The maximum atomic E-state index is 13.1. The van der Waals surface area contributed by atoms with E-state index >= 15 is 0 Å². The number of para-hydroxylation sites is 1. The SMILES string of the molecule is CC(C)(C)OC(=O)CCC1(C(=O)O)SC(=Nc2ccccc2C(F)(F)F)NC1=O. The molecule has 7 nitrogen and oxygen atoms in total. The Kier molecular flexibility index (Phi) is 6.31. The highest BCUT2D eigenvalue weighted by Gasteiger charge is 2.53. The molecule has 29 heavy (non-hydrogen) atoms. The van der Waals surface area contributed by atoms with Crippen LogP contribution in [0.1, 0.15) is 39.2 Å². The van der Waals surface area contributed by atoms with Gasteiger partial charge in [0.15, 0.2) is 9.91 Å². The molecule has 1 aliphatic heterocycles. The molecule has 0 aliphatic carbocycles. The van der Waals surface area contributed by atoms with Gasteiger partial charge in [0, 0.05) is 6.42 Å². The van der Waals surface area contributed by atoms with Crippen LogP contribution in [0.2, 0.25) is 0 Å². The Hall–Kier alpha value is -2.56. The van der Waals surface area contributed by atoms with Crippen molar-refractivity contribution in [3.05, 3.63) is 29.8 Å². The number of halogens is 3. The molecular formula is C18H19F3N2O5S. The first-order valence-electron chi connectivity index (χ1n) is 8.45. The minimum Gasteiger partial charge on any atom is -0.480 e. The average Bonchev–Trinajstić information content (AvgIpc) is 2.87. The lowest BCUT2D eigenvalue weighted by Crippen LogP contribution is -2.44. The van der Waals surface area contributed by atoms with Crippen LogP contribution in [0.4, 0.5) is 18.9 Å². The van der Waals surface area contributed by atoms with E-state index in [0.29, 0.717) is 11.8 Å². The van der Waals surface area contributed by atoms with Gasteiger partial charge in [0.2, 0.25) is 0 Å². The van der Waals surface area contributed by atoms with E-state index in [-0.39, 0.29) is 11.6 Å². The number of benzene rings is 1. The number of rotatable bonds is 5. The Morgan fingerprint density at radius 1 is 1.24 bits per heavy atom. The molecule has 1 aromatic carbocycles. The van der Waals surface area contributed by atoms with Crippen molar-refractivity contribution in [3.63, 3.8) is 0 Å². The van der Waals surface area contributed by atoms with Crippen LogP contribution in [-0.4, -0.2) is 38.5 Å². The molecule has 2 N–H and O–H groups in total. The van der Waals surface area contributed by atoms with Crippen LogP contribution in [0.15, 0.2) is 29.3 Å². The van der Waals surface area contributed by atoms with Crippen LogP contribution in [0.5, 0.6) is 0 Å². The zero-order valence-electron chi connectivity index (χ0n) is 15.8. The summed E-state index contributed by atoms with van der Waals surface area (Å²) < 4.78 is 42.4. The molecule has 1 atom stereocenters. The predicted octanol–water partition coefficient (Wildman–Crippen LogP) is 3.50. The quantitative estimate of drug-likeness (QED) is 0.545. The Bertz CT molecular complexity index is 864. The molecule has 11 heteroatoms. The fourth-order valence-electron chi connectivity index (χ4n) is 2.49. The summed E-state index contributed by atoms with van der Waals surface area (Å²) in [6.07, 6.45) is -5.45. The summed E-state index contributed by atoms with van der Waals surface area (Å²) in [5.41, 5.74) is -2.27. The van der Waals surface area contributed by atoms with E-state index in [1.165, 1.54) is 12.1 Å². The number of carbonyl (C=O) groups is 3. The second-order valence-electron chi connectivity index (χ2n) is 7.21. The summed E-state index contributed by atoms with van der Waals surface area (Å²) in [4.78, 5) is 39.8. The summed E-state index contributed by atoms with van der Waals surface area (Å²) in [5, 5.41) is 11.5. The number of ether oxygens (including phenoxy) is 1. The molecule has 1 unspecified atom stereocenters. The molecule has 1 fully saturated rings. The molecule has 0 aromatic heterocycles. The number of carbonyl (C=O) groups excluding carboxylic acids is 2. The highest BCUT2D eigenvalue weighted by atomic mass is 32.2. The predicted molar refractivity (Wildman–Crippen MR) is 99.7 cm³/mol. The number of carboxylic acid groups (broad SMARTS) is 1. The van der Waals surface area contributed by atoms with Crippen LogP contribution in [0.25, 0.3) is 0 Å². The number of thioether (sulfide) groups is 1. The van der Waals surface area contributed by atoms with E-state index in [1.54, 1.807) is 20.8 Å². The molecule has 1 saturated heterocycles. The van der Waals surface area contributed by atoms with Gasteiger partial charge in [-0.05, 0) is 39.3 Å². The zero-order chi connectivity index (χ0) is 22.0. The molecule has 158 valence electrons. The number of alkyl halides is 3. The number of nitrogens with one attached hydrogen (secondary N) is 1. The second-order valence-corrected chi connectivity index (χ2v) is 8.49. The Morgan fingerprint density at radius 2 is 1.86 bits per heavy atom. The van der Waals surface area contributed by atoms with Crippen molar-refractivity contribution >= 4 is 40.5 Å². The Morgan fingerprint density at radius 3 is 2.41 bits per heavy atom. The number of hydrogen-bond donors (Lipinski definition) is 2. The maximum Gasteiger partial charge on any atom is 0.418 e. The monoisotopic (exact) mass is 432 g/mol. The van der Waals surface area contributed by atoms with Gasteiger partial charge in [-0.1, -0.05) is 23.9 Å². The van der Waals surface area contributed by atoms with E-state index in [1.807, 2.05) is 0 Å². The number of carboxylic acids is 1. The van der Waals surface area contributed by atoms with Crippen molar-refractivity contribution < 1.29 is 37.4 Å². The lowest BCUT2D eigenvalue weighted by Gasteiger charge is -2.22. The fourth-order valence-corrected chi connectivity index (χ4v) is 3.54. The molecule has 0 saturated carbocycles. The lowest BCUT2D eigenvalue weighted by atomic mass is 10.0. The van der Waals surface area contributed by atoms with Gasteiger partial charge < -0.3 is 15.2 Å². The van der Waals surface area contributed by atoms with Crippen molar-refractivity contribution in [2.24, 2.45) is 4.99 Å². The van der Waals surface area contributed by atoms with Crippen LogP contribution in [0.3, 0.4) is 0 Å². The summed E-state index contributed by atoms with van der Waals surface area (Å²) >= 11 is 0.463. The van der Waals surface area contributed by atoms with Gasteiger partial charge >= 0.3 is 18.1 Å². The van der Waals surface area contributed by atoms with Crippen molar-refractivity contribution in [3.8, 4) is 0 Å². The molecule has 2 rings (SSSR count). The van der Waals surface area contributed by atoms with E-state index in [2.05, 4.69) is 10.3 Å². The molecule has 1 aliphatic rings. The third-order valence-corrected chi connectivity index (χ3v) is 5.04. The lowest BCUT2D eigenvalue weighted by molar-refractivity contribution is -0.155. The number of nitrogens with zero attached hydrogens (tertiary/aromatic N) is 1. The molecule has 0 radical (unpaired) electrons. The number of amidine groups is 1. The first kappa shape index (κ1) is 22.7. The van der Waals surface area contributed by atoms with Crippen LogP contribution in [-0.2, 0) is 25.3 Å². The number of esters is 1. The van der Waals surface area contributed by atoms with E-state index in [9.17, 15) is 32.7 Å². The van der Waals surface area contributed by atoms with E-state index < -0.39 is 52.0 Å². The molecular weight excluding hydrogens is 413 g/mol. The molecule has 1 amide bonds. The topological polar surface area (TPSA) is 105 Å². The second kappa shape index (κ2) is 8.05. The van der Waals surface area contributed by atoms with Gasteiger partial charge in [-0.15, -0.1) is 0 Å². The summed E-state index contributed by atoms with van der Waals surface area (Å²) in [7, 11) is 0. The van der Waals surface area contributed by atoms with E-state index in [0.717, 1.165) is 12.1 Å². The number of hydrogen-bond acceptors (Lipinski definition) is 6. The van der Waals surface area contributed by atoms with Crippen LogP contribution >= 0.6 is 11.8 Å². The van der Waals surface area contributed by atoms with Gasteiger partial charge in [0.25, 0.3) is 5.91 Å². The van der Waals surface area contributed by atoms with E-state index in [4.69, 9.17) is 4.74 Å². The van der Waals surface area contributed by atoms with Gasteiger partial charge in [-0.3, -0.25) is 14.4 Å². The smallest absolute Gasteiger partial charge is 0.418 e. The summed E-state index contributed by atoms with van der Waals surface area (Å²) in [6, 6.07) is 4.45. The number of aliphatic imine (C=N–C) groups is 1. The number of aliphatic carboxylic acids is 1. The van der Waals surface area contributed by atoms with Crippen molar-refractivity contribution in [1.82, 2.24) is 5.32 Å². The normalized spacial score (nSPS) is 21.2. The largest absolute Gasteiger partial charge is 0.480 e. The zero-order valence-corrected chi connectivity index (χ0v) is 16.6. The van der Waals surface area contributed by atoms with Crippen molar-refractivity contribution in [1.29, 1.82) is 0 Å². The minimum absolute atomic E-state index is 0.293. The molecule has 0 bridgehead atoms. The maximum absolute atomic E-state index is 13.1. The average molecular weight is 432 g/mol. The van der Waals surface area contributed by atoms with Crippen LogP contribution < -0.4 is 5.32 Å².